The molecule has 0 bridgehead atoms. The molecule has 0 aromatic heterocycles. The number of hydrogen-bond donors (Lipinski definition) is 2. The number of amidine groups is 1. The molecule has 2 aromatic carbocycles. The van der Waals surface area contributed by atoms with Crippen LogP contribution >= 0.6 is 23.4 Å². The molecule has 6 nitrogen and oxygen atoms in total. The maximum absolute atomic E-state index is 12.3. The van der Waals surface area contributed by atoms with Gasteiger partial charge in [-0.25, -0.2) is 8.42 Å². The van der Waals surface area contributed by atoms with Crippen LogP contribution in [0.15, 0.2) is 53.5 Å². The molecule has 28 heavy (non-hydrogen) atoms. The summed E-state index contributed by atoms with van der Waals surface area (Å²) in [5.41, 5.74) is 2.34. The molecule has 1 amide bonds. The Balaban J connectivity index is 1.32. The number of carbonyl (C=O) groups excluding carboxylic acids is 1. The minimum atomic E-state index is -2.95. The van der Waals surface area contributed by atoms with Crippen molar-refractivity contribution in [2.75, 3.05) is 16.8 Å². The average molecular weight is 436 g/mol. The van der Waals surface area contributed by atoms with Crippen molar-refractivity contribution in [1.82, 2.24) is 5.32 Å². The predicted molar refractivity (Wildman–Crippen MR) is 114 cm³/mol. The van der Waals surface area contributed by atoms with E-state index < -0.39 is 9.84 Å². The van der Waals surface area contributed by atoms with Crippen LogP contribution < -0.4 is 10.6 Å². The number of thioether (sulfide) groups is 1. The first-order valence-corrected chi connectivity index (χ1v) is 11.8. The van der Waals surface area contributed by atoms with Gasteiger partial charge in [0.05, 0.1) is 17.5 Å². The molecule has 2 atom stereocenters. The highest BCUT2D eigenvalue weighted by molar-refractivity contribution is 8.15. The van der Waals surface area contributed by atoms with Crippen LogP contribution in [0.1, 0.15) is 15.9 Å². The van der Waals surface area contributed by atoms with E-state index in [1.165, 1.54) is 11.8 Å². The van der Waals surface area contributed by atoms with E-state index in [-0.39, 0.29) is 28.7 Å². The van der Waals surface area contributed by atoms with Gasteiger partial charge in [0.1, 0.15) is 0 Å². The van der Waals surface area contributed by atoms with E-state index in [0.29, 0.717) is 17.1 Å². The van der Waals surface area contributed by atoms with Gasteiger partial charge < -0.3 is 10.6 Å². The van der Waals surface area contributed by atoms with Gasteiger partial charge in [-0.15, -0.1) is 0 Å². The quantitative estimate of drug-likeness (QED) is 0.770. The van der Waals surface area contributed by atoms with E-state index in [1.807, 2.05) is 24.3 Å². The van der Waals surface area contributed by atoms with Crippen LogP contribution in [0, 0.1) is 0 Å². The summed E-state index contributed by atoms with van der Waals surface area (Å²) in [4.78, 5) is 16.8. The monoisotopic (exact) mass is 435 g/mol. The molecular formula is C19H18ClN3O3S2. The summed E-state index contributed by atoms with van der Waals surface area (Å²) >= 11 is 7.32. The SMILES string of the molecule is O=C(NCc1ccc(Cl)cc1)c1ccc(NC2=NC3CS(=O)(=O)CC3S2)cc1. The second-order valence-electron chi connectivity index (χ2n) is 6.75. The fourth-order valence-corrected chi connectivity index (χ4v) is 6.93. The second kappa shape index (κ2) is 7.77. The molecule has 0 aliphatic carbocycles. The highest BCUT2D eigenvalue weighted by Gasteiger charge is 2.42. The van der Waals surface area contributed by atoms with E-state index in [9.17, 15) is 13.2 Å². The molecule has 0 spiro atoms. The van der Waals surface area contributed by atoms with Gasteiger partial charge in [-0.3, -0.25) is 9.79 Å². The first-order chi connectivity index (χ1) is 13.4. The lowest BCUT2D eigenvalue weighted by Gasteiger charge is -2.09. The van der Waals surface area contributed by atoms with E-state index in [0.717, 1.165) is 16.4 Å². The number of hydrogen-bond acceptors (Lipinski definition) is 6. The van der Waals surface area contributed by atoms with Crippen LogP contribution in [0.2, 0.25) is 5.02 Å². The molecule has 0 radical (unpaired) electrons. The molecule has 146 valence electrons. The zero-order chi connectivity index (χ0) is 19.7. The normalized spacial score (nSPS) is 22.4. The third-order valence-corrected chi connectivity index (χ3v) is 7.98. The number of nitrogens with zero attached hydrogens (tertiary/aromatic N) is 1. The fraction of sp³-hybridized carbons (Fsp3) is 0.263. The van der Waals surface area contributed by atoms with Crippen molar-refractivity contribution in [3.05, 3.63) is 64.7 Å². The lowest BCUT2D eigenvalue weighted by molar-refractivity contribution is 0.0951. The van der Waals surface area contributed by atoms with Crippen molar-refractivity contribution in [3.8, 4) is 0 Å². The number of carbonyl (C=O) groups is 1. The van der Waals surface area contributed by atoms with Gasteiger partial charge in [0, 0.05) is 28.1 Å². The summed E-state index contributed by atoms with van der Waals surface area (Å²) in [6.45, 7) is 0.426. The number of benzene rings is 2. The first kappa shape index (κ1) is 19.3. The molecular weight excluding hydrogens is 418 g/mol. The van der Waals surface area contributed by atoms with E-state index in [4.69, 9.17) is 11.6 Å². The number of aliphatic imine (C=N–C) groups is 1. The fourth-order valence-electron chi connectivity index (χ4n) is 3.13. The van der Waals surface area contributed by atoms with Crippen LogP contribution in [0.25, 0.3) is 0 Å². The van der Waals surface area contributed by atoms with Gasteiger partial charge >= 0.3 is 0 Å². The molecule has 2 aliphatic rings. The summed E-state index contributed by atoms with van der Waals surface area (Å²) in [5, 5.41) is 7.47. The van der Waals surface area contributed by atoms with Crippen molar-refractivity contribution in [2.45, 2.75) is 17.8 Å². The zero-order valence-corrected chi connectivity index (χ0v) is 17.2. The number of nitrogens with one attached hydrogen (secondary N) is 2. The van der Waals surface area contributed by atoms with Crippen molar-refractivity contribution < 1.29 is 13.2 Å². The van der Waals surface area contributed by atoms with Gasteiger partial charge in [0.15, 0.2) is 15.0 Å². The Kier molecular flexibility index (Phi) is 5.35. The zero-order valence-electron chi connectivity index (χ0n) is 14.8. The van der Waals surface area contributed by atoms with Crippen molar-refractivity contribution in [1.29, 1.82) is 0 Å². The number of amides is 1. The predicted octanol–water partition coefficient (Wildman–Crippen LogP) is 2.95. The number of rotatable bonds is 4. The average Bonchev–Trinajstić information content (AvgIpc) is 3.14. The Bertz CT molecular complexity index is 1020. The molecule has 2 unspecified atom stereocenters. The van der Waals surface area contributed by atoms with Gasteiger partial charge in [-0.1, -0.05) is 35.5 Å². The van der Waals surface area contributed by atoms with Crippen molar-refractivity contribution in [3.63, 3.8) is 0 Å². The number of sulfone groups is 1. The lowest BCUT2D eigenvalue weighted by Crippen LogP contribution is -2.22. The maximum Gasteiger partial charge on any atom is 0.251 e. The molecule has 2 aromatic rings. The summed E-state index contributed by atoms with van der Waals surface area (Å²) < 4.78 is 23.2. The van der Waals surface area contributed by atoms with Gasteiger partial charge in [0.25, 0.3) is 5.91 Å². The molecule has 9 heteroatoms. The highest BCUT2D eigenvalue weighted by Crippen LogP contribution is 2.34. The van der Waals surface area contributed by atoms with Crippen LogP contribution in [-0.2, 0) is 16.4 Å². The summed E-state index contributed by atoms with van der Waals surface area (Å²) in [6, 6.07) is 14.3. The van der Waals surface area contributed by atoms with Crippen molar-refractivity contribution in [2.24, 2.45) is 4.99 Å². The number of anilines is 1. The largest absolute Gasteiger partial charge is 0.348 e. The maximum atomic E-state index is 12.3. The Morgan fingerprint density at radius 3 is 2.50 bits per heavy atom. The van der Waals surface area contributed by atoms with Crippen LogP contribution in [-0.4, -0.2) is 42.3 Å². The third-order valence-electron chi connectivity index (χ3n) is 4.58. The Morgan fingerprint density at radius 2 is 1.82 bits per heavy atom. The van der Waals surface area contributed by atoms with Gasteiger partial charge in [-0.05, 0) is 42.0 Å². The molecule has 0 saturated carbocycles. The topological polar surface area (TPSA) is 87.6 Å². The third kappa shape index (κ3) is 4.51. The van der Waals surface area contributed by atoms with Crippen LogP contribution in [0.3, 0.4) is 0 Å². The van der Waals surface area contributed by atoms with E-state index in [1.54, 1.807) is 24.3 Å². The van der Waals surface area contributed by atoms with Gasteiger partial charge in [-0.2, -0.15) is 0 Å². The van der Waals surface area contributed by atoms with Crippen LogP contribution in [0.4, 0.5) is 5.69 Å². The minimum Gasteiger partial charge on any atom is -0.348 e. The minimum absolute atomic E-state index is 0.00502. The van der Waals surface area contributed by atoms with Gasteiger partial charge in [0.2, 0.25) is 0 Å². The smallest absolute Gasteiger partial charge is 0.251 e. The second-order valence-corrected chi connectivity index (χ2v) is 10.6. The summed E-state index contributed by atoms with van der Waals surface area (Å²) in [6.07, 6.45) is 0. The standard InChI is InChI=1S/C19H18ClN3O3S2/c20-14-5-1-12(2-6-14)9-21-18(24)13-3-7-15(8-4-13)22-19-23-16-10-28(25,26)11-17(16)27-19/h1-8,16-17H,9-11H2,(H,21,24)(H,22,23). The first-order valence-electron chi connectivity index (χ1n) is 8.73. The van der Waals surface area contributed by atoms with Crippen molar-refractivity contribution >= 4 is 50.0 Å². The van der Waals surface area contributed by atoms with E-state index in [2.05, 4.69) is 15.6 Å². The molecule has 4 rings (SSSR count). The summed E-state index contributed by atoms with van der Waals surface area (Å²) in [7, 11) is -2.95. The number of fused-ring (bicyclic) bond motifs is 1. The van der Waals surface area contributed by atoms with E-state index >= 15 is 0 Å². The molecule has 2 N–H and O–H groups in total. The molecule has 1 saturated heterocycles. The summed E-state index contributed by atoms with van der Waals surface area (Å²) in [5.74, 6) is 0.153. The molecule has 2 aliphatic heterocycles. The van der Waals surface area contributed by atoms with Crippen LogP contribution in [0.5, 0.6) is 0 Å². The Morgan fingerprint density at radius 1 is 1.11 bits per heavy atom. The highest BCUT2D eigenvalue weighted by atomic mass is 35.5. The lowest BCUT2D eigenvalue weighted by atomic mass is 10.2. The molecule has 2 heterocycles. The number of halogens is 1. The Labute approximate surface area is 172 Å². The Hall–Kier alpha value is -2.03. The molecule has 1 fully saturated rings.